The quantitative estimate of drug-likeness (QED) is 0.724. The predicted octanol–water partition coefficient (Wildman–Crippen LogP) is 3.89. The first-order valence-electron chi connectivity index (χ1n) is 3.62. The molecule has 0 aliphatic carbocycles. The largest absolute Gasteiger partial charge is 0.360 e. The Labute approximate surface area is 83.9 Å². The van der Waals surface area contributed by atoms with E-state index in [1.807, 2.05) is 19.2 Å². The van der Waals surface area contributed by atoms with Crippen molar-refractivity contribution in [2.75, 3.05) is 0 Å². The Kier molecular flexibility index (Phi) is 1.89. The third-order valence-electron chi connectivity index (χ3n) is 1.91. The van der Waals surface area contributed by atoms with Gasteiger partial charge in [-0.05, 0) is 40.5 Å². The smallest absolute Gasteiger partial charge is 0.0613 e. The molecule has 0 amide bonds. The molecule has 1 aromatic heterocycles. The number of benzene rings is 1. The highest BCUT2D eigenvalue weighted by Gasteiger charge is 2.06. The van der Waals surface area contributed by atoms with E-state index >= 15 is 0 Å². The summed E-state index contributed by atoms with van der Waals surface area (Å²) < 4.78 is 0.948. The SMILES string of the molecule is Cc1cc2cc[nH]c2c(Br)c1Cl. The number of H-pyrrole nitrogens is 1. The number of hydrogen-bond acceptors (Lipinski definition) is 0. The van der Waals surface area contributed by atoms with Crippen LogP contribution in [0.2, 0.25) is 5.02 Å². The molecular formula is C9H7BrClN. The van der Waals surface area contributed by atoms with Gasteiger partial charge in [0.05, 0.1) is 15.0 Å². The third kappa shape index (κ3) is 1.06. The van der Waals surface area contributed by atoms with Gasteiger partial charge in [0.15, 0.2) is 0 Å². The van der Waals surface area contributed by atoms with Crippen LogP contribution in [0, 0.1) is 6.92 Å². The first kappa shape index (κ1) is 8.14. The summed E-state index contributed by atoms with van der Waals surface area (Å²) in [5, 5.41) is 1.97. The van der Waals surface area contributed by atoms with Crippen molar-refractivity contribution in [1.29, 1.82) is 0 Å². The Morgan fingerprint density at radius 3 is 3.00 bits per heavy atom. The molecule has 0 aliphatic heterocycles. The van der Waals surface area contributed by atoms with E-state index < -0.39 is 0 Å². The second-order valence-corrected chi connectivity index (χ2v) is 3.93. The lowest BCUT2D eigenvalue weighted by Crippen LogP contribution is -1.78. The number of aromatic amines is 1. The second kappa shape index (κ2) is 2.79. The van der Waals surface area contributed by atoms with Gasteiger partial charge >= 0.3 is 0 Å². The monoisotopic (exact) mass is 243 g/mol. The molecule has 0 bridgehead atoms. The lowest BCUT2D eigenvalue weighted by Gasteiger charge is -2.01. The van der Waals surface area contributed by atoms with E-state index in [0.29, 0.717) is 0 Å². The Morgan fingerprint density at radius 1 is 1.50 bits per heavy atom. The molecule has 0 saturated heterocycles. The second-order valence-electron chi connectivity index (χ2n) is 2.76. The normalized spacial score (nSPS) is 10.9. The number of aryl methyl sites for hydroxylation is 1. The average molecular weight is 245 g/mol. The summed E-state index contributed by atoms with van der Waals surface area (Å²) in [7, 11) is 0. The highest BCUT2D eigenvalue weighted by molar-refractivity contribution is 9.10. The van der Waals surface area contributed by atoms with Crippen molar-refractivity contribution in [2.24, 2.45) is 0 Å². The predicted molar refractivity (Wildman–Crippen MR) is 55.7 cm³/mol. The van der Waals surface area contributed by atoms with E-state index in [2.05, 4.69) is 27.0 Å². The molecule has 0 fully saturated rings. The van der Waals surface area contributed by atoms with Gasteiger partial charge in [0, 0.05) is 11.6 Å². The highest BCUT2D eigenvalue weighted by Crippen LogP contribution is 2.32. The molecule has 0 aliphatic rings. The van der Waals surface area contributed by atoms with E-state index in [1.165, 1.54) is 5.39 Å². The van der Waals surface area contributed by atoms with Gasteiger partial charge in [0.1, 0.15) is 0 Å². The minimum absolute atomic E-state index is 0.782. The van der Waals surface area contributed by atoms with Crippen molar-refractivity contribution in [3.63, 3.8) is 0 Å². The number of hydrogen-bond donors (Lipinski definition) is 1. The van der Waals surface area contributed by atoms with Gasteiger partial charge in [0.25, 0.3) is 0 Å². The van der Waals surface area contributed by atoms with Crippen LogP contribution in [-0.4, -0.2) is 4.98 Å². The molecule has 1 aromatic carbocycles. The van der Waals surface area contributed by atoms with Gasteiger partial charge in [-0.3, -0.25) is 0 Å². The van der Waals surface area contributed by atoms with Crippen LogP contribution in [-0.2, 0) is 0 Å². The van der Waals surface area contributed by atoms with Crippen LogP contribution in [0.3, 0.4) is 0 Å². The summed E-state index contributed by atoms with van der Waals surface area (Å²) in [6.07, 6.45) is 1.91. The minimum Gasteiger partial charge on any atom is -0.360 e. The van der Waals surface area contributed by atoms with Gasteiger partial charge in [-0.15, -0.1) is 0 Å². The first-order chi connectivity index (χ1) is 5.70. The number of aromatic nitrogens is 1. The van der Waals surface area contributed by atoms with Crippen LogP contribution < -0.4 is 0 Å². The van der Waals surface area contributed by atoms with Gasteiger partial charge in [-0.2, -0.15) is 0 Å². The lowest BCUT2D eigenvalue weighted by molar-refractivity contribution is 1.44. The Morgan fingerprint density at radius 2 is 2.25 bits per heavy atom. The molecule has 2 aromatic rings. The fraction of sp³-hybridized carbons (Fsp3) is 0.111. The van der Waals surface area contributed by atoms with Gasteiger partial charge in [-0.1, -0.05) is 11.6 Å². The fourth-order valence-electron chi connectivity index (χ4n) is 1.27. The minimum atomic E-state index is 0.782. The molecule has 3 heteroatoms. The molecule has 0 radical (unpaired) electrons. The summed E-state index contributed by atoms with van der Waals surface area (Å²) in [4.78, 5) is 3.12. The van der Waals surface area contributed by atoms with E-state index in [9.17, 15) is 0 Å². The molecular weight excluding hydrogens is 237 g/mol. The summed E-state index contributed by atoms with van der Waals surface area (Å²) in [6, 6.07) is 4.10. The third-order valence-corrected chi connectivity index (χ3v) is 3.42. The number of halogens is 2. The van der Waals surface area contributed by atoms with E-state index in [4.69, 9.17) is 11.6 Å². The molecule has 0 spiro atoms. The van der Waals surface area contributed by atoms with Crippen molar-refractivity contribution in [3.05, 3.63) is 33.4 Å². The van der Waals surface area contributed by atoms with Crippen molar-refractivity contribution in [1.82, 2.24) is 4.98 Å². The zero-order chi connectivity index (χ0) is 8.72. The number of fused-ring (bicyclic) bond motifs is 1. The van der Waals surface area contributed by atoms with E-state index in [-0.39, 0.29) is 0 Å². The Hall–Kier alpha value is -0.470. The molecule has 1 N–H and O–H groups in total. The summed E-state index contributed by atoms with van der Waals surface area (Å²) in [5.74, 6) is 0. The molecule has 1 heterocycles. The van der Waals surface area contributed by atoms with Crippen molar-refractivity contribution in [3.8, 4) is 0 Å². The summed E-state index contributed by atoms with van der Waals surface area (Å²) >= 11 is 9.49. The Balaban J connectivity index is 2.94. The van der Waals surface area contributed by atoms with Gasteiger partial charge in [-0.25, -0.2) is 0 Å². The van der Waals surface area contributed by atoms with Gasteiger partial charge < -0.3 is 4.98 Å². The topological polar surface area (TPSA) is 15.8 Å². The van der Waals surface area contributed by atoms with Crippen molar-refractivity contribution in [2.45, 2.75) is 6.92 Å². The molecule has 2 rings (SSSR count). The number of rotatable bonds is 0. The molecule has 1 nitrogen and oxygen atoms in total. The van der Waals surface area contributed by atoms with Crippen LogP contribution in [0.25, 0.3) is 10.9 Å². The van der Waals surface area contributed by atoms with Crippen molar-refractivity contribution >= 4 is 38.4 Å². The molecule has 12 heavy (non-hydrogen) atoms. The summed E-state index contributed by atoms with van der Waals surface area (Å²) in [6.45, 7) is 2.00. The molecule has 0 saturated carbocycles. The summed E-state index contributed by atoms with van der Waals surface area (Å²) in [5.41, 5.74) is 2.15. The first-order valence-corrected chi connectivity index (χ1v) is 4.79. The maximum absolute atomic E-state index is 6.05. The number of nitrogens with one attached hydrogen (secondary N) is 1. The van der Waals surface area contributed by atoms with Crippen LogP contribution >= 0.6 is 27.5 Å². The molecule has 0 atom stereocenters. The molecule has 62 valence electrons. The van der Waals surface area contributed by atoms with E-state index in [0.717, 1.165) is 20.6 Å². The zero-order valence-corrected chi connectivity index (χ0v) is 8.83. The van der Waals surface area contributed by atoms with Gasteiger partial charge in [0.2, 0.25) is 0 Å². The van der Waals surface area contributed by atoms with Crippen LogP contribution in [0.5, 0.6) is 0 Å². The lowest BCUT2D eigenvalue weighted by atomic mass is 10.2. The highest BCUT2D eigenvalue weighted by atomic mass is 79.9. The zero-order valence-electron chi connectivity index (χ0n) is 6.49. The molecule has 0 unspecified atom stereocenters. The fourth-order valence-corrected chi connectivity index (χ4v) is 2.08. The Bertz CT molecular complexity index is 433. The van der Waals surface area contributed by atoms with Crippen LogP contribution in [0.4, 0.5) is 0 Å². The van der Waals surface area contributed by atoms with Crippen LogP contribution in [0.1, 0.15) is 5.56 Å². The standard InChI is InChI=1S/C9H7BrClN/c1-5-4-6-2-3-12-9(6)7(10)8(5)11/h2-4,12H,1H3. The van der Waals surface area contributed by atoms with E-state index in [1.54, 1.807) is 0 Å². The van der Waals surface area contributed by atoms with Crippen molar-refractivity contribution < 1.29 is 0 Å². The maximum atomic E-state index is 6.05. The van der Waals surface area contributed by atoms with Crippen LogP contribution in [0.15, 0.2) is 22.8 Å². The maximum Gasteiger partial charge on any atom is 0.0613 e. The average Bonchev–Trinajstić information content (AvgIpc) is 2.48.